The molecule has 0 aliphatic heterocycles. The van der Waals surface area contributed by atoms with Crippen LogP contribution in [0.25, 0.3) is 0 Å². The maximum absolute atomic E-state index is 5.75. The van der Waals surface area contributed by atoms with Gasteiger partial charge in [-0.15, -0.1) is 0 Å². The monoisotopic (exact) mass is 326 g/mol. The molecule has 1 aromatic carbocycles. The molecular weight excluding hydrogens is 308 g/mol. The first-order valence-electron chi connectivity index (χ1n) is 6.39. The Bertz CT molecular complexity index is 455. The molecule has 18 heavy (non-hydrogen) atoms. The first-order chi connectivity index (χ1) is 8.56. The lowest BCUT2D eigenvalue weighted by atomic mass is 10.0. The predicted molar refractivity (Wildman–Crippen MR) is 85.1 cm³/mol. The molecule has 0 radical (unpaired) electrons. The SMILES string of the molecule is CCCC1(CNc2cc(Br)ccc2C(N)=S)CC1. The van der Waals surface area contributed by atoms with Crippen LogP contribution < -0.4 is 11.1 Å². The van der Waals surface area contributed by atoms with Crippen LogP contribution >= 0.6 is 28.1 Å². The van der Waals surface area contributed by atoms with Gasteiger partial charge in [-0.25, -0.2) is 0 Å². The molecule has 3 N–H and O–H groups in total. The van der Waals surface area contributed by atoms with Gasteiger partial charge in [-0.3, -0.25) is 0 Å². The van der Waals surface area contributed by atoms with Crippen LogP contribution in [0.4, 0.5) is 5.69 Å². The second kappa shape index (κ2) is 5.57. The van der Waals surface area contributed by atoms with Crippen LogP contribution in [0.5, 0.6) is 0 Å². The van der Waals surface area contributed by atoms with Gasteiger partial charge in [0, 0.05) is 22.3 Å². The number of nitrogens with one attached hydrogen (secondary N) is 1. The van der Waals surface area contributed by atoms with Crippen molar-refractivity contribution in [1.29, 1.82) is 0 Å². The Kier molecular flexibility index (Phi) is 4.28. The number of thiocarbonyl (C=S) groups is 1. The van der Waals surface area contributed by atoms with E-state index in [1.165, 1.54) is 25.7 Å². The third-order valence-corrected chi connectivity index (χ3v) is 4.35. The van der Waals surface area contributed by atoms with E-state index >= 15 is 0 Å². The van der Waals surface area contributed by atoms with Gasteiger partial charge in [-0.2, -0.15) is 0 Å². The zero-order chi connectivity index (χ0) is 13.2. The molecule has 0 aromatic heterocycles. The summed E-state index contributed by atoms with van der Waals surface area (Å²) >= 11 is 8.58. The zero-order valence-corrected chi connectivity index (χ0v) is 13.0. The Labute approximate surface area is 122 Å². The normalized spacial score (nSPS) is 16.3. The number of hydrogen-bond acceptors (Lipinski definition) is 2. The second-order valence-electron chi connectivity index (χ2n) is 5.16. The van der Waals surface area contributed by atoms with Crippen molar-refractivity contribution in [2.45, 2.75) is 32.6 Å². The summed E-state index contributed by atoms with van der Waals surface area (Å²) in [6.45, 7) is 3.27. The minimum Gasteiger partial charge on any atom is -0.389 e. The summed E-state index contributed by atoms with van der Waals surface area (Å²) in [5.74, 6) is 0. The smallest absolute Gasteiger partial charge is 0.106 e. The molecule has 1 saturated carbocycles. The van der Waals surface area contributed by atoms with E-state index in [1.807, 2.05) is 12.1 Å². The topological polar surface area (TPSA) is 38.0 Å². The summed E-state index contributed by atoms with van der Waals surface area (Å²) in [4.78, 5) is 0.449. The first kappa shape index (κ1) is 13.8. The van der Waals surface area contributed by atoms with Crippen molar-refractivity contribution in [3.05, 3.63) is 28.2 Å². The quantitative estimate of drug-likeness (QED) is 0.774. The zero-order valence-electron chi connectivity index (χ0n) is 10.6. The van der Waals surface area contributed by atoms with Gasteiger partial charge in [-0.1, -0.05) is 41.5 Å². The molecule has 0 unspecified atom stereocenters. The average molecular weight is 327 g/mol. The Morgan fingerprint density at radius 2 is 2.22 bits per heavy atom. The highest BCUT2D eigenvalue weighted by molar-refractivity contribution is 9.10. The molecule has 0 spiro atoms. The van der Waals surface area contributed by atoms with E-state index in [1.54, 1.807) is 0 Å². The first-order valence-corrected chi connectivity index (χ1v) is 7.60. The predicted octanol–water partition coefficient (Wildman–Crippen LogP) is 4.08. The van der Waals surface area contributed by atoms with Gasteiger partial charge in [0.1, 0.15) is 4.99 Å². The van der Waals surface area contributed by atoms with Crippen molar-refractivity contribution in [3.8, 4) is 0 Å². The third kappa shape index (κ3) is 3.23. The van der Waals surface area contributed by atoms with Crippen molar-refractivity contribution in [1.82, 2.24) is 0 Å². The molecule has 1 fully saturated rings. The highest BCUT2D eigenvalue weighted by atomic mass is 79.9. The van der Waals surface area contributed by atoms with Crippen LogP contribution in [0.3, 0.4) is 0 Å². The van der Waals surface area contributed by atoms with Gasteiger partial charge in [0.05, 0.1) is 0 Å². The van der Waals surface area contributed by atoms with E-state index in [0.717, 1.165) is 22.3 Å². The van der Waals surface area contributed by atoms with Gasteiger partial charge >= 0.3 is 0 Å². The average Bonchev–Trinajstić information content (AvgIpc) is 3.07. The van der Waals surface area contributed by atoms with Crippen LogP contribution in [0.1, 0.15) is 38.2 Å². The third-order valence-electron chi connectivity index (χ3n) is 3.64. The molecule has 1 aromatic rings. The molecule has 2 nitrogen and oxygen atoms in total. The van der Waals surface area contributed by atoms with E-state index in [4.69, 9.17) is 18.0 Å². The summed E-state index contributed by atoms with van der Waals surface area (Å²) in [7, 11) is 0. The maximum atomic E-state index is 5.75. The van der Waals surface area contributed by atoms with Crippen LogP contribution in [0.2, 0.25) is 0 Å². The number of anilines is 1. The molecule has 0 atom stereocenters. The van der Waals surface area contributed by atoms with Crippen molar-refractivity contribution >= 4 is 38.8 Å². The number of rotatable bonds is 6. The largest absolute Gasteiger partial charge is 0.389 e. The number of halogens is 1. The van der Waals surface area contributed by atoms with Gasteiger partial charge in [0.2, 0.25) is 0 Å². The van der Waals surface area contributed by atoms with E-state index in [0.29, 0.717) is 10.4 Å². The van der Waals surface area contributed by atoms with Crippen molar-refractivity contribution in [3.63, 3.8) is 0 Å². The van der Waals surface area contributed by atoms with E-state index < -0.39 is 0 Å². The Morgan fingerprint density at radius 3 is 2.78 bits per heavy atom. The Hall–Kier alpha value is -0.610. The lowest BCUT2D eigenvalue weighted by Gasteiger charge is -2.18. The molecule has 98 valence electrons. The van der Waals surface area contributed by atoms with Gasteiger partial charge < -0.3 is 11.1 Å². The van der Waals surface area contributed by atoms with E-state index in [2.05, 4.69) is 34.2 Å². The molecule has 0 heterocycles. The van der Waals surface area contributed by atoms with Crippen LogP contribution in [-0.4, -0.2) is 11.5 Å². The Morgan fingerprint density at radius 1 is 1.50 bits per heavy atom. The molecule has 1 aliphatic rings. The highest BCUT2D eigenvalue weighted by Gasteiger charge is 2.41. The van der Waals surface area contributed by atoms with Crippen LogP contribution in [-0.2, 0) is 0 Å². The summed E-state index contributed by atoms with van der Waals surface area (Å²) in [6.07, 6.45) is 5.23. The Balaban J connectivity index is 2.08. The molecule has 0 bridgehead atoms. The van der Waals surface area contributed by atoms with Crippen molar-refractivity contribution < 1.29 is 0 Å². The molecule has 0 saturated heterocycles. The summed E-state index contributed by atoms with van der Waals surface area (Å²) in [6, 6.07) is 5.99. The van der Waals surface area contributed by atoms with E-state index in [-0.39, 0.29) is 0 Å². The lowest BCUT2D eigenvalue weighted by molar-refractivity contribution is 0.485. The van der Waals surface area contributed by atoms with E-state index in [9.17, 15) is 0 Å². The standard InChI is InChI=1S/C14H19BrN2S/c1-2-5-14(6-7-14)9-17-12-8-10(15)3-4-11(12)13(16)18/h3-4,8,17H,2,5-7,9H2,1H3,(H2,16,18). The van der Waals surface area contributed by atoms with Gasteiger partial charge in [0.15, 0.2) is 0 Å². The highest BCUT2D eigenvalue weighted by Crippen LogP contribution is 2.49. The fourth-order valence-electron chi connectivity index (χ4n) is 2.38. The summed E-state index contributed by atoms with van der Waals surface area (Å²) in [5.41, 5.74) is 8.24. The van der Waals surface area contributed by atoms with Crippen molar-refractivity contribution in [2.75, 3.05) is 11.9 Å². The number of nitrogens with two attached hydrogens (primary N) is 1. The lowest BCUT2D eigenvalue weighted by Crippen LogP contribution is -2.18. The van der Waals surface area contributed by atoms with Gasteiger partial charge in [-0.05, 0) is 42.9 Å². The molecule has 2 rings (SSSR count). The minimum atomic E-state index is 0.449. The fraction of sp³-hybridized carbons (Fsp3) is 0.500. The van der Waals surface area contributed by atoms with Crippen LogP contribution in [0.15, 0.2) is 22.7 Å². The molecular formula is C14H19BrN2S. The van der Waals surface area contributed by atoms with Gasteiger partial charge in [0.25, 0.3) is 0 Å². The number of hydrogen-bond donors (Lipinski definition) is 2. The summed E-state index contributed by atoms with van der Waals surface area (Å²) in [5, 5.41) is 3.53. The fourth-order valence-corrected chi connectivity index (χ4v) is 2.92. The van der Waals surface area contributed by atoms with Crippen molar-refractivity contribution in [2.24, 2.45) is 11.1 Å². The molecule has 1 aliphatic carbocycles. The molecule has 4 heteroatoms. The molecule has 0 amide bonds. The van der Waals surface area contributed by atoms with Crippen LogP contribution in [0, 0.1) is 5.41 Å². The summed E-state index contributed by atoms with van der Waals surface area (Å²) < 4.78 is 1.05. The maximum Gasteiger partial charge on any atom is 0.106 e. The number of benzene rings is 1. The second-order valence-corrected chi connectivity index (χ2v) is 6.51. The minimum absolute atomic E-state index is 0.449.